The van der Waals surface area contributed by atoms with Crippen LogP contribution in [-0.2, 0) is 0 Å². The fourth-order valence-corrected chi connectivity index (χ4v) is 1.92. The molecule has 0 bridgehead atoms. The maximum atomic E-state index is 8.48. The lowest BCUT2D eigenvalue weighted by Crippen LogP contribution is -2.13. The molecule has 76 valence electrons. The van der Waals surface area contributed by atoms with E-state index in [1.807, 2.05) is 6.20 Å². The van der Waals surface area contributed by atoms with Crippen molar-refractivity contribution in [3.8, 4) is 0 Å². The van der Waals surface area contributed by atoms with E-state index in [4.69, 9.17) is 10.9 Å². The zero-order valence-electron chi connectivity index (χ0n) is 7.93. The van der Waals surface area contributed by atoms with E-state index in [1.54, 1.807) is 6.33 Å². The van der Waals surface area contributed by atoms with E-state index < -0.39 is 0 Å². The van der Waals surface area contributed by atoms with Crippen LogP contribution >= 0.6 is 0 Å². The van der Waals surface area contributed by atoms with E-state index in [1.165, 1.54) is 25.7 Å². The molecule has 1 aliphatic rings. The van der Waals surface area contributed by atoms with Gasteiger partial charge in [0, 0.05) is 12.2 Å². The molecule has 0 aliphatic heterocycles. The summed E-state index contributed by atoms with van der Waals surface area (Å²) in [7, 11) is 0. The van der Waals surface area contributed by atoms with Crippen LogP contribution in [0.25, 0.3) is 0 Å². The number of hydrogen-bond donors (Lipinski definition) is 2. The first-order valence-corrected chi connectivity index (χ1v) is 4.82. The van der Waals surface area contributed by atoms with Gasteiger partial charge in [-0.3, -0.25) is 0 Å². The van der Waals surface area contributed by atoms with Crippen molar-refractivity contribution in [1.29, 1.82) is 0 Å². The number of aromatic nitrogens is 2. The van der Waals surface area contributed by atoms with Crippen LogP contribution in [-0.4, -0.2) is 20.6 Å². The Hall–Kier alpha value is -1.52. The Bertz CT molecular complexity index is 338. The van der Waals surface area contributed by atoms with Gasteiger partial charge in [0.25, 0.3) is 0 Å². The van der Waals surface area contributed by atoms with E-state index in [0.717, 1.165) is 0 Å². The fourth-order valence-electron chi connectivity index (χ4n) is 1.92. The zero-order chi connectivity index (χ0) is 9.97. The van der Waals surface area contributed by atoms with Crippen LogP contribution in [0.3, 0.4) is 0 Å². The normalized spacial score (nSPS) is 19.0. The predicted octanol–water partition coefficient (Wildman–Crippen LogP) is 1.09. The molecule has 5 heteroatoms. The second kappa shape index (κ2) is 3.69. The first-order chi connectivity index (χ1) is 6.81. The van der Waals surface area contributed by atoms with Gasteiger partial charge >= 0.3 is 0 Å². The third-order valence-corrected chi connectivity index (χ3v) is 2.72. The van der Waals surface area contributed by atoms with Crippen molar-refractivity contribution in [2.75, 3.05) is 0 Å². The Morgan fingerprint density at radius 2 is 2.29 bits per heavy atom. The van der Waals surface area contributed by atoms with E-state index in [2.05, 4.69) is 14.7 Å². The average molecular weight is 194 g/mol. The smallest absolute Gasteiger partial charge is 0.190 e. The maximum Gasteiger partial charge on any atom is 0.190 e. The number of rotatable bonds is 2. The van der Waals surface area contributed by atoms with E-state index in [-0.39, 0.29) is 5.84 Å². The molecular weight excluding hydrogens is 180 g/mol. The molecule has 0 aromatic carbocycles. The minimum absolute atomic E-state index is 0.0711. The van der Waals surface area contributed by atoms with Gasteiger partial charge in [-0.2, -0.15) is 0 Å². The summed E-state index contributed by atoms with van der Waals surface area (Å²) in [6, 6.07) is 0.544. The summed E-state index contributed by atoms with van der Waals surface area (Å²) in [5.74, 6) is 0.0711. The van der Waals surface area contributed by atoms with Crippen molar-refractivity contribution >= 4 is 5.84 Å². The van der Waals surface area contributed by atoms with Gasteiger partial charge in [0.05, 0.1) is 6.33 Å². The van der Waals surface area contributed by atoms with E-state index in [0.29, 0.717) is 11.7 Å². The van der Waals surface area contributed by atoms with Crippen molar-refractivity contribution in [3.63, 3.8) is 0 Å². The van der Waals surface area contributed by atoms with Crippen molar-refractivity contribution in [2.45, 2.75) is 31.7 Å². The van der Waals surface area contributed by atoms with Gasteiger partial charge in [0.2, 0.25) is 0 Å². The highest BCUT2D eigenvalue weighted by molar-refractivity contribution is 5.94. The Kier molecular flexibility index (Phi) is 2.39. The second-order valence-electron chi connectivity index (χ2n) is 3.63. The largest absolute Gasteiger partial charge is 0.409 e. The molecule has 0 saturated heterocycles. The topological polar surface area (TPSA) is 76.4 Å². The molecule has 3 N–H and O–H groups in total. The van der Waals surface area contributed by atoms with Gasteiger partial charge in [-0.05, 0) is 12.8 Å². The van der Waals surface area contributed by atoms with Crippen LogP contribution in [0.1, 0.15) is 37.4 Å². The Morgan fingerprint density at radius 1 is 1.57 bits per heavy atom. The van der Waals surface area contributed by atoms with Crippen molar-refractivity contribution < 1.29 is 5.21 Å². The molecule has 0 radical (unpaired) electrons. The molecule has 2 rings (SSSR count). The molecule has 1 fully saturated rings. The highest BCUT2D eigenvalue weighted by Gasteiger charge is 2.17. The summed E-state index contributed by atoms with van der Waals surface area (Å²) >= 11 is 0. The summed E-state index contributed by atoms with van der Waals surface area (Å²) in [5, 5.41) is 11.4. The molecule has 0 unspecified atom stereocenters. The van der Waals surface area contributed by atoms with Crippen molar-refractivity contribution in [3.05, 3.63) is 18.2 Å². The van der Waals surface area contributed by atoms with Crippen LogP contribution in [0.5, 0.6) is 0 Å². The SMILES string of the molecule is N/C(=N/O)c1cn(C2CCCC2)cn1. The van der Waals surface area contributed by atoms with Gasteiger partial charge < -0.3 is 15.5 Å². The number of nitrogens with two attached hydrogens (primary N) is 1. The molecule has 1 aromatic rings. The van der Waals surface area contributed by atoms with Crippen molar-refractivity contribution in [1.82, 2.24) is 9.55 Å². The lowest BCUT2D eigenvalue weighted by Gasteiger charge is -2.09. The molecule has 5 nitrogen and oxygen atoms in total. The van der Waals surface area contributed by atoms with Crippen molar-refractivity contribution in [2.24, 2.45) is 10.9 Å². The monoisotopic (exact) mass is 194 g/mol. The molecular formula is C9H14N4O. The minimum atomic E-state index is 0.0711. The predicted molar refractivity (Wildman–Crippen MR) is 52.2 cm³/mol. The van der Waals surface area contributed by atoms with Crippen LogP contribution in [0.2, 0.25) is 0 Å². The Morgan fingerprint density at radius 3 is 2.93 bits per heavy atom. The number of hydrogen-bond acceptors (Lipinski definition) is 3. The highest BCUT2D eigenvalue weighted by Crippen LogP contribution is 2.29. The second-order valence-corrected chi connectivity index (χ2v) is 3.63. The van der Waals surface area contributed by atoms with Crippen LogP contribution in [0, 0.1) is 0 Å². The maximum absolute atomic E-state index is 8.48. The third kappa shape index (κ3) is 1.57. The van der Waals surface area contributed by atoms with Crippen LogP contribution in [0.4, 0.5) is 0 Å². The van der Waals surface area contributed by atoms with Gasteiger partial charge in [0.1, 0.15) is 5.69 Å². The standard InChI is InChI=1S/C9H14N4O/c10-9(12-14)8-5-13(6-11-8)7-3-1-2-4-7/h5-7,14H,1-4H2,(H2,10,12). The molecule has 1 aliphatic carbocycles. The summed E-state index contributed by atoms with van der Waals surface area (Å²) in [4.78, 5) is 4.08. The highest BCUT2D eigenvalue weighted by atomic mass is 16.4. The van der Waals surface area contributed by atoms with Crippen LogP contribution in [0.15, 0.2) is 17.7 Å². The van der Waals surface area contributed by atoms with Gasteiger partial charge in [0.15, 0.2) is 5.84 Å². The summed E-state index contributed by atoms with van der Waals surface area (Å²) in [6.07, 6.45) is 8.55. The number of nitrogens with zero attached hydrogens (tertiary/aromatic N) is 3. The molecule has 1 saturated carbocycles. The molecule has 1 heterocycles. The lowest BCUT2D eigenvalue weighted by atomic mass is 10.2. The quantitative estimate of drug-likeness (QED) is 0.320. The zero-order valence-corrected chi connectivity index (χ0v) is 7.93. The summed E-state index contributed by atoms with van der Waals surface area (Å²) in [5.41, 5.74) is 5.97. The molecule has 0 atom stereocenters. The third-order valence-electron chi connectivity index (χ3n) is 2.72. The summed E-state index contributed by atoms with van der Waals surface area (Å²) in [6.45, 7) is 0. The number of imidazole rings is 1. The van der Waals surface area contributed by atoms with Crippen LogP contribution < -0.4 is 5.73 Å². The molecule has 1 aromatic heterocycles. The first kappa shape index (κ1) is 9.05. The average Bonchev–Trinajstić information content (AvgIpc) is 2.86. The summed E-state index contributed by atoms with van der Waals surface area (Å²) < 4.78 is 2.06. The molecule has 0 spiro atoms. The van der Waals surface area contributed by atoms with Gasteiger partial charge in [-0.25, -0.2) is 4.98 Å². The van der Waals surface area contributed by atoms with Gasteiger partial charge in [-0.15, -0.1) is 0 Å². The van der Waals surface area contributed by atoms with Gasteiger partial charge in [-0.1, -0.05) is 18.0 Å². The number of oxime groups is 1. The molecule has 14 heavy (non-hydrogen) atoms. The van der Waals surface area contributed by atoms with E-state index >= 15 is 0 Å². The Labute approximate surface area is 82.2 Å². The minimum Gasteiger partial charge on any atom is -0.409 e. The van der Waals surface area contributed by atoms with E-state index in [9.17, 15) is 0 Å². The molecule has 0 amide bonds. The number of amidine groups is 1. The Balaban J connectivity index is 2.16. The first-order valence-electron chi connectivity index (χ1n) is 4.82. The fraction of sp³-hybridized carbons (Fsp3) is 0.556. The lowest BCUT2D eigenvalue weighted by molar-refractivity contribution is 0.318.